The number of hydrogen-bond donors (Lipinski definition) is 2. The van der Waals surface area contributed by atoms with Crippen LogP contribution in [0.1, 0.15) is 51.4 Å². The summed E-state index contributed by atoms with van der Waals surface area (Å²) >= 11 is 0. The summed E-state index contributed by atoms with van der Waals surface area (Å²) in [6.07, 6.45) is 2.76. The number of aromatic nitrogens is 2. The van der Waals surface area contributed by atoms with E-state index < -0.39 is 10.0 Å². The number of sulfonamides is 1. The van der Waals surface area contributed by atoms with Gasteiger partial charge in [-0.05, 0) is 26.2 Å². The Labute approximate surface area is 127 Å². The molecule has 120 valence electrons. The SMILES string of the molecule is CCCN(C1CC1)S(=O)(=O)c1c(CNC(C)C)n[nH]c1C. The fourth-order valence-electron chi connectivity index (χ4n) is 2.43. The normalized spacial score (nSPS) is 16.1. The summed E-state index contributed by atoms with van der Waals surface area (Å²) < 4.78 is 27.6. The number of H-pyrrole nitrogens is 1. The zero-order valence-electron chi connectivity index (χ0n) is 13.3. The minimum atomic E-state index is -3.47. The van der Waals surface area contributed by atoms with Crippen LogP contribution in [0.15, 0.2) is 4.90 Å². The average molecular weight is 314 g/mol. The molecule has 21 heavy (non-hydrogen) atoms. The van der Waals surface area contributed by atoms with Crippen LogP contribution in [0.3, 0.4) is 0 Å². The Morgan fingerprint density at radius 2 is 2.10 bits per heavy atom. The molecule has 0 unspecified atom stereocenters. The first-order valence-electron chi connectivity index (χ1n) is 7.67. The number of aromatic amines is 1. The second-order valence-electron chi connectivity index (χ2n) is 6.01. The van der Waals surface area contributed by atoms with Crippen molar-refractivity contribution in [3.63, 3.8) is 0 Å². The number of hydrogen-bond acceptors (Lipinski definition) is 4. The first-order chi connectivity index (χ1) is 9.87. The molecule has 1 aromatic rings. The standard InChI is InChI=1S/C14H26N4O2S/c1-5-8-18(12-6-7-12)21(19,20)14-11(4)16-17-13(14)9-15-10(2)3/h10,12,15H,5-9H2,1-4H3,(H,16,17). The van der Waals surface area contributed by atoms with Crippen molar-refractivity contribution in [3.05, 3.63) is 11.4 Å². The third-order valence-electron chi connectivity index (χ3n) is 3.60. The van der Waals surface area contributed by atoms with E-state index in [1.54, 1.807) is 11.2 Å². The monoisotopic (exact) mass is 314 g/mol. The highest BCUT2D eigenvalue weighted by atomic mass is 32.2. The van der Waals surface area contributed by atoms with Crippen LogP contribution in [0.25, 0.3) is 0 Å². The van der Waals surface area contributed by atoms with Gasteiger partial charge in [0.05, 0.1) is 11.4 Å². The molecule has 2 N–H and O–H groups in total. The largest absolute Gasteiger partial charge is 0.309 e. The Bertz CT molecular complexity index is 576. The van der Waals surface area contributed by atoms with Gasteiger partial charge in [-0.25, -0.2) is 8.42 Å². The fraction of sp³-hybridized carbons (Fsp3) is 0.786. The third kappa shape index (κ3) is 3.64. The minimum absolute atomic E-state index is 0.176. The van der Waals surface area contributed by atoms with E-state index in [2.05, 4.69) is 15.5 Å². The number of rotatable bonds is 8. The van der Waals surface area contributed by atoms with Gasteiger partial charge in [-0.2, -0.15) is 9.40 Å². The molecule has 1 heterocycles. The number of nitrogens with one attached hydrogen (secondary N) is 2. The van der Waals surface area contributed by atoms with E-state index in [0.29, 0.717) is 29.4 Å². The van der Waals surface area contributed by atoms with Crippen LogP contribution in [-0.2, 0) is 16.6 Å². The molecule has 0 bridgehead atoms. The predicted molar refractivity (Wildman–Crippen MR) is 82.5 cm³/mol. The van der Waals surface area contributed by atoms with Crippen molar-refractivity contribution < 1.29 is 8.42 Å². The van der Waals surface area contributed by atoms with Gasteiger partial charge < -0.3 is 5.32 Å². The van der Waals surface area contributed by atoms with E-state index in [-0.39, 0.29) is 12.1 Å². The van der Waals surface area contributed by atoms with Gasteiger partial charge in [0.25, 0.3) is 0 Å². The average Bonchev–Trinajstić information content (AvgIpc) is 3.16. The van der Waals surface area contributed by atoms with Gasteiger partial charge in [-0.15, -0.1) is 0 Å². The summed E-state index contributed by atoms with van der Waals surface area (Å²) in [6, 6.07) is 0.461. The summed E-state index contributed by atoms with van der Waals surface area (Å²) in [7, 11) is -3.47. The maximum atomic E-state index is 13.0. The third-order valence-corrected chi connectivity index (χ3v) is 5.76. The smallest absolute Gasteiger partial charge is 0.247 e. The molecule has 6 nitrogen and oxygen atoms in total. The first kappa shape index (κ1) is 16.5. The Morgan fingerprint density at radius 1 is 1.43 bits per heavy atom. The molecule has 1 aliphatic rings. The summed E-state index contributed by atoms with van der Waals surface area (Å²) in [4.78, 5) is 0.357. The van der Waals surface area contributed by atoms with E-state index in [1.807, 2.05) is 20.8 Å². The van der Waals surface area contributed by atoms with Gasteiger partial charge >= 0.3 is 0 Å². The maximum absolute atomic E-state index is 13.0. The molecule has 0 radical (unpaired) electrons. The lowest BCUT2D eigenvalue weighted by molar-refractivity contribution is 0.402. The summed E-state index contributed by atoms with van der Waals surface area (Å²) in [5.41, 5.74) is 1.21. The Morgan fingerprint density at radius 3 is 2.62 bits per heavy atom. The van der Waals surface area contributed by atoms with E-state index in [4.69, 9.17) is 0 Å². The van der Waals surface area contributed by atoms with Crippen molar-refractivity contribution in [3.8, 4) is 0 Å². The molecule has 0 aliphatic heterocycles. The van der Waals surface area contributed by atoms with Gasteiger partial charge in [-0.3, -0.25) is 5.10 Å². The summed E-state index contributed by atoms with van der Waals surface area (Å²) in [6.45, 7) is 8.88. The van der Waals surface area contributed by atoms with Crippen molar-refractivity contribution in [2.75, 3.05) is 6.54 Å². The van der Waals surface area contributed by atoms with E-state index in [0.717, 1.165) is 19.3 Å². The highest BCUT2D eigenvalue weighted by Gasteiger charge is 2.39. The maximum Gasteiger partial charge on any atom is 0.247 e. The molecule has 2 rings (SSSR count). The summed E-state index contributed by atoms with van der Waals surface area (Å²) in [5, 5.41) is 10.2. The molecule has 1 saturated carbocycles. The van der Waals surface area contributed by atoms with Crippen LogP contribution >= 0.6 is 0 Å². The van der Waals surface area contributed by atoms with Gasteiger partial charge in [0.15, 0.2) is 0 Å². The van der Waals surface area contributed by atoms with Gasteiger partial charge in [0.2, 0.25) is 10.0 Å². The van der Waals surface area contributed by atoms with E-state index in [9.17, 15) is 8.42 Å². The lowest BCUT2D eigenvalue weighted by Gasteiger charge is -2.21. The topological polar surface area (TPSA) is 78.1 Å². The van der Waals surface area contributed by atoms with E-state index >= 15 is 0 Å². The molecule has 1 aromatic heterocycles. The predicted octanol–water partition coefficient (Wildman–Crippen LogP) is 1.78. The zero-order chi connectivity index (χ0) is 15.6. The van der Waals surface area contributed by atoms with Gasteiger partial charge in [-0.1, -0.05) is 20.8 Å². The molecule has 7 heteroatoms. The quantitative estimate of drug-likeness (QED) is 0.766. The number of nitrogens with zero attached hydrogens (tertiary/aromatic N) is 2. The van der Waals surface area contributed by atoms with Crippen LogP contribution in [-0.4, -0.2) is 41.5 Å². The van der Waals surface area contributed by atoms with Crippen LogP contribution in [0, 0.1) is 6.92 Å². The Balaban J connectivity index is 2.32. The molecule has 1 aliphatic carbocycles. The first-order valence-corrected chi connectivity index (χ1v) is 9.11. The van der Waals surface area contributed by atoms with Crippen molar-refractivity contribution >= 4 is 10.0 Å². The molecule has 0 aromatic carbocycles. The molecule has 1 fully saturated rings. The molecular weight excluding hydrogens is 288 g/mol. The lowest BCUT2D eigenvalue weighted by atomic mass is 10.3. The highest BCUT2D eigenvalue weighted by molar-refractivity contribution is 7.89. The van der Waals surface area contributed by atoms with Crippen LogP contribution in [0.2, 0.25) is 0 Å². The van der Waals surface area contributed by atoms with Crippen LogP contribution in [0.4, 0.5) is 0 Å². The fourth-order valence-corrected chi connectivity index (χ4v) is 4.54. The van der Waals surface area contributed by atoms with Crippen molar-refractivity contribution in [2.45, 2.75) is 70.5 Å². The van der Waals surface area contributed by atoms with Gasteiger partial charge in [0, 0.05) is 25.2 Å². The van der Waals surface area contributed by atoms with Crippen molar-refractivity contribution in [1.29, 1.82) is 0 Å². The summed E-state index contributed by atoms with van der Waals surface area (Å²) in [5.74, 6) is 0. The lowest BCUT2D eigenvalue weighted by Crippen LogP contribution is -2.35. The molecule has 0 spiro atoms. The van der Waals surface area contributed by atoms with Crippen molar-refractivity contribution in [1.82, 2.24) is 19.8 Å². The number of aryl methyl sites for hydroxylation is 1. The molecule has 0 atom stereocenters. The molecule has 0 amide bonds. The molecular formula is C14H26N4O2S. The highest BCUT2D eigenvalue weighted by Crippen LogP contribution is 2.33. The minimum Gasteiger partial charge on any atom is -0.309 e. The Hall–Kier alpha value is -0.920. The second kappa shape index (κ2) is 6.46. The molecule has 0 saturated heterocycles. The van der Waals surface area contributed by atoms with Gasteiger partial charge in [0.1, 0.15) is 4.90 Å². The van der Waals surface area contributed by atoms with E-state index in [1.165, 1.54) is 0 Å². The van der Waals surface area contributed by atoms with Crippen LogP contribution < -0.4 is 5.32 Å². The van der Waals surface area contributed by atoms with Crippen LogP contribution in [0.5, 0.6) is 0 Å². The van der Waals surface area contributed by atoms with Crippen molar-refractivity contribution in [2.24, 2.45) is 0 Å². The zero-order valence-corrected chi connectivity index (χ0v) is 14.1. The second-order valence-corrected chi connectivity index (χ2v) is 7.83. The Kier molecular flexibility index (Phi) is 5.06.